The molecule has 0 aliphatic carbocycles. The van der Waals surface area contributed by atoms with E-state index in [9.17, 15) is 5.11 Å². The molecule has 3 N–H and O–H groups in total. The van der Waals surface area contributed by atoms with Crippen LogP contribution < -0.4 is 10.1 Å². The highest BCUT2D eigenvalue weighted by Gasteiger charge is 2.04. The molecule has 17 heavy (non-hydrogen) atoms. The van der Waals surface area contributed by atoms with Gasteiger partial charge in [-0.05, 0) is 24.1 Å². The molecule has 1 rings (SSSR count). The second-order valence-electron chi connectivity index (χ2n) is 3.73. The number of halogens is 1. The lowest BCUT2D eigenvalue weighted by molar-refractivity contribution is 0.211. The summed E-state index contributed by atoms with van der Waals surface area (Å²) in [5.41, 5.74) is 1.83. The fourth-order valence-electron chi connectivity index (χ4n) is 1.44. The summed E-state index contributed by atoms with van der Waals surface area (Å²) in [6.07, 6.45) is -0.00613. The number of benzene rings is 1. The van der Waals surface area contributed by atoms with E-state index in [-0.39, 0.29) is 12.5 Å². The lowest BCUT2D eigenvalue weighted by Gasteiger charge is -2.12. The summed E-state index contributed by atoms with van der Waals surface area (Å²) in [6.45, 7) is 0.478. The van der Waals surface area contributed by atoms with Crippen molar-refractivity contribution < 1.29 is 14.9 Å². The van der Waals surface area contributed by atoms with Gasteiger partial charge in [0.25, 0.3) is 0 Å². The van der Waals surface area contributed by atoms with Crippen LogP contribution in [0.1, 0.15) is 5.56 Å². The molecule has 4 nitrogen and oxygen atoms in total. The number of hydrogen-bond acceptors (Lipinski definition) is 4. The van der Waals surface area contributed by atoms with Gasteiger partial charge in [0, 0.05) is 24.9 Å². The Bertz CT molecular complexity index is 347. The molecular weight excluding hydrogens is 242 g/mol. The van der Waals surface area contributed by atoms with Crippen molar-refractivity contribution in [3.8, 4) is 5.75 Å². The van der Waals surface area contributed by atoms with Crippen LogP contribution in [0.25, 0.3) is 0 Å². The minimum Gasteiger partial charge on any atom is -0.497 e. The summed E-state index contributed by atoms with van der Waals surface area (Å²) < 4.78 is 5.16. The van der Waals surface area contributed by atoms with Gasteiger partial charge < -0.3 is 20.3 Å². The van der Waals surface area contributed by atoms with Gasteiger partial charge in [0.05, 0.1) is 19.1 Å². The SMILES string of the molecule is COc1cc(CCO)cc(NCC(O)CCl)c1. The van der Waals surface area contributed by atoms with E-state index in [1.165, 1.54) is 0 Å². The highest BCUT2D eigenvalue weighted by molar-refractivity contribution is 6.18. The summed E-state index contributed by atoms with van der Waals surface area (Å²) in [5, 5.41) is 21.3. The fourth-order valence-corrected chi connectivity index (χ4v) is 1.55. The van der Waals surface area contributed by atoms with Crippen molar-refractivity contribution in [3.05, 3.63) is 23.8 Å². The van der Waals surface area contributed by atoms with Gasteiger partial charge in [-0.2, -0.15) is 0 Å². The van der Waals surface area contributed by atoms with Crippen LogP contribution in [0.3, 0.4) is 0 Å². The van der Waals surface area contributed by atoms with Gasteiger partial charge in [0.2, 0.25) is 0 Å². The number of ether oxygens (including phenoxy) is 1. The number of anilines is 1. The van der Waals surface area contributed by atoms with Crippen LogP contribution in [-0.2, 0) is 6.42 Å². The number of hydrogen-bond donors (Lipinski definition) is 3. The third-order valence-corrected chi connectivity index (χ3v) is 2.68. The van der Waals surface area contributed by atoms with Crippen molar-refractivity contribution in [2.75, 3.05) is 31.5 Å². The molecule has 0 fully saturated rings. The predicted octanol–water partition coefficient (Wildman–Crippen LogP) is 1.24. The molecule has 0 aliphatic heterocycles. The molecule has 0 saturated carbocycles. The maximum atomic E-state index is 9.35. The fraction of sp³-hybridized carbons (Fsp3) is 0.500. The lowest BCUT2D eigenvalue weighted by atomic mass is 10.1. The van der Waals surface area contributed by atoms with Crippen molar-refractivity contribution in [2.45, 2.75) is 12.5 Å². The molecule has 96 valence electrons. The van der Waals surface area contributed by atoms with E-state index < -0.39 is 6.10 Å². The normalized spacial score (nSPS) is 12.2. The van der Waals surface area contributed by atoms with Gasteiger partial charge in [-0.1, -0.05) is 0 Å². The average molecular weight is 260 g/mol. The maximum Gasteiger partial charge on any atom is 0.121 e. The molecule has 1 unspecified atom stereocenters. The minimum atomic E-state index is -0.579. The molecule has 1 atom stereocenters. The first-order chi connectivity index (χ1) is 8.19. The third-order valence-electron chi connectivity index (χ3n) is 2.32. The number of methoxy groups -OCH3 is 1. The molecule has 0 bridgehead atoms. The Morgan fingerprint density at radius 1 is 1.41 bits per heavy atom. The van der Waals surface area contributed by atoms with Gasteiger partial charge in [-0.25, -0.2) is 0 Å². The van der Waals surface area contributed by atoms with Crippen LogP contribution in [0, 0.1) is 0 Å². The quantitative estimate of drug-likeness (QED) is 0.645. The molecular formula is C12H18ClNO3. The molecule has 0 aromatic heterocycles. The topological polar surface area (TPSA) is 61.7 Å². The second-order valence-corrected chi connectivity index (χ2v) is 4.04. The highest BCUT2D eigenvalue weighted by Crippen LogP contribution is 2.21. The van der Waals surface area contributed by atoms with Gasteiger partial charge in [-0.15, -0.1) is 11.6 Å². The van der Waals surface area contributed by atoms with Gasteiger partial charge in [0.1, 0.15) is 5.75 Å². The molecule has 1 aromatic carbocycles. The van der Waals surface area contributed by atoms with E-state index in [0.717, 1.165) is 17.0 Å². The van der Waals surface area contributed by atoms with Crippen molar-refractivity contribution in [3.63, 3.8) is 0 Å². The monoisotopic (exact) mass is 259 g/mol. The molecule has 0 spiro atoms. The van der Waals surface area contributed by atoms with Crippen LogP contribution in [-0.4, -0.2) is 42.5 Å². The molecule has 0 radical (unpaired) electrons. The van der Waals surface area contributed by atoms with E-state index in [1.54, 1.807) is 7.11 Å². The number of rotatable bonds is 7. The molecule has 0 saturated heterocycles. The Morgan fingerprint density at radius 2 is 2.18 bits per heavy atom. The predicted molar refractivity (Wildman–Crippen MR) is 69.0 cm³/mol. The molecule has 0 amide bonds. The van der Waals surface area contributed by atoms with Crippen LogP contribution in [0.2, 0.25) is 0 Å². The number of aliphatic hydroxyl groups is 2. The molecule has 0 heterocycles. The summed E-state index contributed by atoms with van der Waals surface area (Å²) in [4.78, 5) is 0. The third kappa shape index (κ3) is 4.81. The van der Waals surface area contributed by atoms with E-state index in [1.807, 2.05) is 18.2 Å². The lowest BCUT2D eigenvalue weighted by Crippen LogP contribution is -2.20. The van der Waals surface area contributed by atoms with E-state index >= 15 is 0 Å². The summed E-state index contributed by atoms with van der Waals surface area (Å²) in [6, 6.07) is 5.63. The Labute approximate surface area is 106 Å². The zero-order valence-corrected chi connectivity index (χ0v) is 10.6. The van der Waals surface area contributed by atoms with E-state index in [4.69, 9.17) is 21.4 Å². The van der Waals surface area contributed by atoms with E-state index in [0.29, 0.717) is 13.0 Å². The van der Waals surface area contributed by atoms with Crippen molar-refractivity contribution in [1.29, 1.82) is 0 Å². The minimum absolute atomic E-state index is 0.0942. The van der Waals surface area contributed by atoms with Gasteiger partial charge in [0.15, 0.2) is 0 Å². The number of nitrogens with one attached hydrogen (secondary N) is 1. The smallest absolute Gasteiger partial charge is 0.121 e. The Balaban J connectivity index is 2.72. The first-order valence-electron chi connectivity index (χ1n) is 5.46. The Kier molecular flexibility index (Phi) is 6.11. The number of aliphatic hydroxyl groups excluding tert-OH is 2. The molecule has 5 heteroatoms. The van der Waals surface area contributed by atoms with Crippen molar-refractivity contribution in [1.82, 2.24) is 0 Å². The largest absolute Gasteiger partial charge is 0.497 e. The van der Waals surface area contributed by atoms with Crippen LogP contribution in [0.5, 0.6) is 5.75 Å². The first-order valence-corrected chi connectivity index (χ1v) is 5.99. The van der Waals surface area contributed by atoms with Crippen molar-refractivity contribution >= 4 is 17.3 Å². The zero-order chi connectivity index (χ0) is 12.7. The summed E-state index contributed by atoms with van der Waals surface area (Å²) >= 11 is 5.51. The van der Waals surface area contributed by atoms with Gasteiger partial charge in [-0.3, -0.25) is 0 Å². The number of alkyl halides is 1. The van der Waals surface area contributed by atoms with E-state index in [2.05, 4.69) is 5.32 Å². The second kappa shape index (κ2) is 7.37. The van der Waals surface area contributed by atoms with Crippen LogP contribution in [0.15, 0.2) is 18.2 Å². The van der Waals surface area contributed by atoms with Gasteiger partial charge >= 0.3 is 0 Å². The molecule has 0 aliphatic rings. The average Bonchev–Trinajstić information content (AvgIpc) is 2.36. The van der Waals surface area contributed by atoms with Crippen LogP contribution in [0.4, 0.5) is 5.69 Å². The Hall–Kier alpha value is -0.970. The standard InChI is InChI=1S/C12H18ClNO3/c1-17-12-5-9(2-3-15)4-10(6-12)14-8-11(16)7-13/h4-6,11,14-16H,2-3,7-8H2,1H3. The first kappa shape index (κ1) is 14.1. The van der Waals surface area contributed by atoms with Crippen LogP contribution >= 0.6 is 11.6 Å². The zero-order valence-electron chi connectivity index (χ0n) is 9.82. The summed E-state index contributed by atoms with van der Waals surface area (Å²) in [7, 11) is 1.59. The van der Waals surface area contributed by atoms with Crippen molar-refractivity contribution in [2.24, 2.45) is 0 Å². The molecule has 1 aromatic rings. The maximum absolute atomic E-state index is 9.35. The highest BCUT2D eigenvalue weighted by atomic mass is 35.5. The summed E-state index contributed by atoms with van der Waals surface area (Å²) in [5.74, 6) is 0.916. The Morgan fingerprint density at radius 3 is 2.76 bits per heavy atom.